The zero-order valence-corrected chi connectivity index (χ0v) is 8.48. The molecular weight excluding hydrogens is 218 g/mol. The van der Waals surface area contributed by atoms with Gasteiger partial charge in [0, 0.05) is 12.3 Å². The minimum Gasteiger partial charge on any atom is -0.309 e. The molecule has 0 spiro atoms. The summed E-state index contributed by atoms with van der Waals surface area (Å²) in [6.45, 7) is 0. The number of rotatable bonds is 3. The SMILES string of the molecule is O=C(CCCl)Nc1ccc2ncnn2n1. The third-order valence-electron chi connectivity index (χ3n) is 1.74. The van der Waals surface area contributed by atoms with Crippen LogP contribution in [0.3, 0.4) is 0 Å². The lowest BCUT2D eigenvalue weighted by Gasteiger charge is -2.01. The summed E-state index contributed by atoms with van der Waals surface area (Å²) in [6, 6.07) is 3.38. The highest BCUT2D eigenvalue weighted by molar-refractivity contribution is 6.19. The smallest absolute Gasteiger partial charge is 0.226 e. The van der Waals surface area contributed by atoms with E-state index in [1.807, 2.05) is 0 Å². The molecule has 0 saturated carbocycles. The van der Waals surface area contributed by atoms with E-state index in [9.17, 15) is 4.79 Å². The minimum absolute atomic E-state index is 0.169. The first kappa shape index (κ1) is 9.85. The van der Waals surface area contributed by atoms with Crippen LogP contribution in [0.2, 0.25) is 0 Å². The van der Waals surface area contributed by atoms with Crippen molar-refractivity contribution in [3.8, 4) is 0 Å². The Morgan fingerprint density at radius 2 is 2.40 bits per heavy atom. The Balaban J connectivity index is 2.17. The van der Waals surface area contributed by atoms with Crippen molar-refractivity contribution in [2.75, 3.05) is 11.2 Å². The predicted molar refractivity (Wildman–Crippen MR) is 54.7 cm³/mol. The van der Waals surface area contributed by atoms with Crippen molar-refractivity contribution in [3.05, 3.63) is 18.5 Å². The number of hydrogen-bond donors (Lipinski definition) is 1. The normalized spacial score (nSPS) is 10.5. The van der Waals surface area contributed by atoms with Crippen LogP contribution in [0.1, 0.15) is 6.42 Å². The molecule has 0 saturated heterocycles. The van der Waals surface area contributed by atoms with Crippen molar-refractivity contribution in [1.29, 1.82) is 0 Å². The Labute approximate surface area is 90.3 Å². The highest BCUT2D eigenvalue weighted by Gasteiger charge is 2.03. The lowest BCUT2D eigenvalue weighted by Crippen LogP contribution is -2.13. The topological polar surface area (TPSA) is 72.2 Å². The van der Waals surface area contributed by atoms with E-state index in [1.165, 1.54) is 11.0 Å². The number of amides is 1. The second-order valence-electron chi connectivity index (χ2n) is 2.81. The molecule has 2 aromatic rings. The van der Waals surface area contributed by atoms with Crippen LogP contribution < -0.4 is 5.32 Å². The molecule has 0 bridgehead atoms. The number of fused-ring (bicyclic) bond motifs is 1. The number of nitrogens with zero attached hydrogens (tertiary/aromatic N) is 4. The van der Waals surface area contributed by atoms with Crippen LogP contribution in [0.25, 0.3) is 5.65 Å². The minimum atomic E-state index is -0.169. The molecule has 1 N–H and O–H groups in total. The van der Waals surface area contributed by atoms with E-state index in [4.69, 9.17) is 11.6 Å². The second kappa shape index (κ2) is 4.22. The first-order valence-corrected chi connectivity index (χ1v) is 4.86. The molecular formula is C8H8ClN5O. The van der Waals surface area contributed by atoms with E-state index in [1.54, 1.807) is 12.1 Å². The number of carbonyl (C=O) groups excluding carboxylic acids is 1. The van der Waals surface area contributed by atoms with Crippen LogP contribution in [0.15, 0.2) is 18.5 Å². The van der Waals surface area contributed by atoms with Crippen LogP contribution in [-0.2, 0) is 4.79 Å². The molecule has 0 fully saturated rings. The number of anilines is 1. The summed E-state index contributed by atoms with van der Waals surface area (Å²) in [6.07, 6.45) is 1.66. The molecule has 78 valence electrons. The van der Waals surface area contributed by atoms with Crippen LogP contribution >= 0.6 is 11.6 Å². The zero-order chi connectivity index (χ0) is 10.7. The van der Waals surface area contributed by atoms with Crippen molar-refractivity contribution in [1.82, 2.24) is 19.8 Å². The molecule has 0 aliphatic rings. The lowest BCUT2D eigenvalue weighted by atomic mass is 10.4. The Bertz CT molecular complexity index is 483. The maximum atomic E-state index is 11.2. The summed E-state index contributed by atoms with van der Waals surface area (Å²) in [7, 11) is 0. The summed E-state index contributed by atoms with van der Waals surface area (Å²) < 4.78 is 1.34. The summed E-state index contributed by atoms with van der Waals surface area (Å²) >= 11 is 5.43. The van der Waals surface area contributed by atoms with Gasteiger partial charge in [0.25, 0.3) is 0 Å². The van der Waals surface area contributed by atoms with Gasteiger partial charge in [0.15, 0.2) is 11.5 Å². The van der Waals surface area contributed by atoms with Crippen LogP contribution in [0, 0.1) is 0 Å². The van der Waals surface area contributed by atoms with Gasteiger partial charge < -0.3 is 5.32 Å². The summed E-state index contributed by atoms with van der Waals surface area (Å²) in [4.78, 5) is 15.1. The first-order valence-electron chi connectivity index (χ1n) is 4.32. The Hall–Kier alpha value is -1.69. The summed E-state index contributed by atoms with van der Waals surface area (Å²) in [5, 5.41) is 10.5. The Morgan fingerprint density at radius 3 is 3.20 bits per heavy atom. The Kier molecular flexibility index (Phi) is 2.77. The van der Waals surface area contributed by atoms with E-state index in [0.717, 1.165) is 0 Å². The van der Waals surface area contributed by atoms with Crippen molar-refractivity contribution < 1.29 is 4.79 Å². The number of carbonyl (C=O) groups is 1. The van der Waals surface area contributed by atoms with Gasteiger partial charge in [-0.25, -0.2) is 4.98 Å². The number of aromatic nitrogens is 4. The fourth-order valence-corrected chi connectivity index (χ4v) is 1.25. The fraction of sp³-hybridized carbons (Fsp3) is 0.250. The van der Waals surface area contributed by atoms with Gasteiger partial charge in [0.05, 0.1) is 0 Å². The molecule has 0 radical (unpaired) electrons. The maximum absolute atomic E-state index is 11.2. The van der Waals surface area contributed by atoms with Gasteiger partial charge >= 0.3 is 0 Å². The molecule has 2 heterocycles. The molecule has 2 rings (SSSR count). The largest absolute Gasteiger partial charge is 0.309 e. The first-order chi connectivity index (χ1) is 7.29. The number of hydrogen-bond acceptors (Lipinski definition) is 4. The average molecular weight is 226 g/mol. The molecule has 2 aromatic heterocycles. The van der Waals surface area contributed by atoms with Crippen LogP contribution in [0.4, 0.5) is 5.82 Å². The van der Waals surface area contributed by atoms with E-state index in [-0.39, 0.29) is 18.2 Å². The van der Waals surface area contributed by atoms with Crippen molar-refractivity contribution in [2.45, 2.75) is 6.42 Å². The van der Waals surface area contributed by atoms with E-state index in [2.05, 4.69) is 20.5 Å². The average Bonchev–Trinajstić information content (AvgIpc) is 2.65. The predicted octanol–water partition coefficient (Wildman–Crippen LogP) is 0.692. The van der Waals surface area contributed by atoms with Gasteiger partial charge in [-0.3, -0.25) is 4.79 Å². The van der Waals surface area contributed by atoms with E-state index in [0.29, 0.717) is 11.5 Å². The molecule has 0 unspecified atom stereocenters. The highest BCUT2D eigenvalue weighted by Crippen LogP contribution is 2.04. The number of nitrogens with one attached hydrogen (secondary N) is 1. The number of halogens is 1. The van der Waals surface area contributed by atoms with Crippen molar-refractivity contribution >= 4 is 29.0 Å². The standard InChI is InChI=1S/C8H8ClN5O/c9-4-3-8(15)12-6-1-2-7-10-5-11-14(7)13-6/h1-2,5H,3-4H2,(H,12,13,15). The molecule has 0 aliphatic heterocycles. The molecule has 6 nitrogen and oxygen atoms in total. The van der Waals surface area contributed by atoms with Crippen LogP contribution in [-0.4, -0.2) is 31.6 Å². The van der Waals surface area contributed by atoms with Gasteiger partial charge in [-0.2, -0.15) is 0 Å². The van der Waals surface area contributed by atoms with Gasteiger partial charge in [-0.15, -0.1) is 26.4 Å². The van der Waals surface area contributed by atoms with E-state index >= 15 is 0 Å². The fourth-order valence-electron chi connectivity index (χ4n) is 1.08. The summed E-state index contributed by atoms with van der Waals surface area (Å²) in [5.41, 5.74) is 0.630. The van der Waals surface area contributed by atoms with Crippen molar-refractivity contribution in [2.24, 2.45) is 0 Å². The van der Waals surface area contributed by atoms with Gasteiger partial charge in [-0.05, 0) is 12.1 Å². The van der Waals surface area contributed by atoms with Crippen molar-refractivity contribution in [3.63, 3.8) is 0 Å². The number of alkyl halides is 1. The molecule has 0 aromatic carbocycles. The molecule has 7 heteroatoms. The van der Waals surface area contributed by atoms with Gasteiger partial charge in [-0.1, -0.05) is 0 Å². The third kappa shape index (κ3) is 2.21. The van der Waals surface area contributed by atoms with Crippen LogP contribution in [0.5, 0.6) is 0 Å². The third-order valence-corrected chi connectivity index (χ3v) is 1.93. The van der Waals surface area contributed by atoms with E-state index < -0.39 is 0 Å². The molecule has 15 heavy (non-hydrogen) atoms. The molecule has 1 amide bonds. The van der Waals surface area contributed by atoms with Gasteiger partial charge in [0.1, 0.15) is 6.33 Å². The second-order valence-corrected chi connectivity index (χ2v) is 3.19. The molecule has 0 aliphatic carbocycles. The maximum Gasteiger partial charge on any atom is 0.226 e. The summed E-state index contributed by atoms with van der Waals surface area (Å²) in [5.74, 6) is 0.553. The van der Waals surface area contributed by atoms with Gasteiger partial charge in [0.2, 0.25) is 5.91 Å². The quantitative estimate of drug-likeness (QED) is 0.781. The Morgan fingerprint density at radius 1 is 1.53 bits per heavy atom. The zero-order valence-electron chi connectivity index (χ0n) is 7.72. The lowest BCUT2D eigenvalue weighted by molar-refractivity contribution is -0.115. The molecule has 0 atom stereocenters. The highest BCUT2D eigenvalue weighted by atomic mass is 35.5. The monoisotopic (exact) mass is 225 g/mol.